The van der Waals surface area contributed by atoms with Crippen molar-refractivity contribution < 1.29 is 19.4 Å². The van der Waals surface area contributed by atoms with Crippen LogP contribution in [-0.2, 0) is 21.6 Å². The van der Waals surface area contributed by atoms with Crippen LogP contribution in [0.4, 0.5) is 10.5 Å². The van der Waals surface area contributed by atoms with Crippen LogP contribution in [0.2, 0.25) is 0 Å². The number of aromatic nitrogens is 1. The molecule has 5 rings (SSSR count). The summed E-state index contributed by atoms with van der Waals surface area (Å²) in [5.74, 6) is -0.746. The molecule has 4 aromatic rings. The molecule has 1 aromatic heterocycles. The number of nitrogens with one attached hydrogen (secondary N) is 1. The Labute approximate surface area is 220 Å². The number of benzene rings is 3. The molecular formula is C30H28N2O4S. The number of amides is 1. The van der Waals surface area contributed by atoms with Crippen LogP contribution in [-0.4, -0.2) is 21.5 Å². The fourth-order valence-corrected chi connectivity index (χ4v) is 5.46. The first-order valence-electron chi connectivity index (χ1n) is 12.2. The minimum atomic E-state index is -0.746. The minimum Gasteiger partial charge on any atom is -0.481 e. The van der Waals surface area contributed by atoms with E-state index in [1.165, 1.54) is 11.5 Å². The highest BCUT2D eigenvalue weighted by Crippen LogP contribution is 2.48. The average molecular weight is 513 g/mol. The minimum absolute atomic E-state index is 0.199. The van der Waals surface area contributed by atoms with E-state index >= 15 is 0 Å². The smallest absolute Gasteiger partial charge is 0.412 e. The molecular weight excluding hydrogens is 484 g/mol. The Balaban J connectivity index is 1.33. The summed E-state index contributed by atoms with van der Waals surface area (Å²) in [5.41, 5.74) is 7.73. The molecule has 1 heterocycles. The van der Waals surface area contributed by atoms with E-state index in [-0.39, 0.29) is 6.61 Å². The van der Waals surface area contributed by atoms with Crippen molar-refractivity contribution in [3.63, 3.8) is 0 Å². The van der Waals surface area contributed by atoms with Crippen molar-refractivity contribution in [1.29, 1.82) is 0 Å². The summed E-state index contributed by atoms with van der Waals surface area (Å²) in [4.78, 5) is 25.1. The van der Waals surface area contributed by atoms with E-state index in [1.807, 2.05) is 75.4 Å². The van der Waals surface area contributed by atoms with Gasteiger partial charge in [-0.25, -0.2) is 4.79 Å². The second kappa shape index (κ2) is 9.82. The Morgan fingerprint density at radius 3 is 2.32 bits per heavy atom. The zero-order chi connectivity index (χ0) is 26.2. The number of carboxylic acid groups (broad SMARTS) is 1. The van der Waals surface area contributed by atoms with Crippen molar-refractivity contribution in [2.45, 2.75) is 45.6 Å². The molecule has 0 aliphatic heterocycles. The van der Waals surface area contributed by atoms with Gasteiger partial charge in [0.15, 0.2) is 0 Å². The second-order valence-electron chi connectivity index (χ2n) is 9.59. The molecule has 2 N–H and O–H groups in total. The maximum atomic E-state index is 12.6. The van der Waals surface area contributed by atoms with E-state index in [0.29, 0.717) is 18.5 Å². The van der Waals surface area contributed by atoms with E-state index < -0.39 is 17.5 Å². The lowest BCUT2D eigenvalue weighted by Gasteiger charge is -2.13. The second-order valence-corrected chi connectivity index (χ2v) is 10.4. The maximum Gasteiger partial charge on any atom is 0.412 e. The molecule has 6 nitrogen and oxygen atoms in total. The molecule has 0 saturated heterocycles. The molecule has 0 atom stereocenters. The largest absolute Gasteiger partial charge is 0.481 e. The summed E-state index contributed by atoms with van der Waals surface area (Å²) in [6.07, 6.45) is 0.870. The third kappa shape index (κ3) is 4.87. The number of nitrogens with zero attached hydrogens (tertiary/aromatic N) is 1. The van der Waals surface area contributed by atoms with Gasteiger partial charge in [0, 0.05) is 0 Å². The number of carbonyl (C=O) groups excluding carboxylic acids is 1. The molecule has 37 heavy (non-hydrogen) atoms. The summed E-state index contributed by atoms with van der Waals surface area (Å²) in [5, 5.41) is 12.4. The number of ether oxygens (including phenoxy) is 1. The van der Waals surface area contributed by atoms with Crippen molar-refractivity contribution in [3.8, 4) is 21.6 Å². The highest BCUT2D eigenvalue weighted by Gasteiger charge is 2.51. The van der Waals surface area contributed by atoms with Crippen LogP contribution < -0.4 is 5.32 Å². The van der Waals surface area contributed by atoms with Gasteiger partial charge in [0.25, 0.3) is 0 Å². The zero-order valence-electron chi connectivity index (χ0n) is 21.0. The molecule has 1 aliphatic carbocycles. The van der Waals surface area contributed by atoms with Crippen molar-refractivity contribution in [1.82, 2.24) is 4.37 Å². The molecule has 0 unspecified atom stereocenters. The molecule has 1 fully saturated rings. The summed E-state index contributed by atoms with van der Waals surface area (Å²) >= 11 is 1.34. The lowest BCUT2D eigenvalue weighted by molar-refractivity contribution is -0.140. The van der Waals surface area contributed by atoms with E-state index in [4.69, 9.17) is 4.74 Å². The first-order valence-corrected chi connectivity index (χ1v) is 13.0. The summed E-state index contributed by atoms with van der Waals surface area (Å²) in [7, 11) is 0. The summed E-state index contributed by atoms with van der Waals surface area (Å²) in [6.45, 7) is 6.10. The van der Waals surface area contributed by atoms with Crippen LogP contribution in [0.1, 0.15) is 40.8 Å². The fourth-order valence-electron chi connectivity index (χ4n) is 4.62. The van der Waals surface area contributed by atoms with Gasteiger partial charge in [0.1, 0.15) is 6.61 Å². The number of rotatable bonds is 7. The Bertz CT molecular complexity index is 1490. The van der Waals surface area contributed by atoms with Gasteiger partial charge in [0.05, 0.1) is 21.7 Å². The Morgan fingerprint density at radius 1 is 0.973 bits per heavy atom. The highest BCUT2D eigenvalue weighted by molar-refractivity contribution is 7.10. The average Bonchev–Trinajstić information content (AvgIpc) is 3.63. The molecule has 1 amide bonds. The van der Waals surface area contributed by atoms with Crippen molar-refractivity contribution >= 4 is 29.3 Å². The quantitative estimate of drug-likeness (QED) is 0.272. The first kappa shape index (κ1) is 24.7. The van der Waals surface area contributed by atoms with Crippen molar-refractivity contribution in [3.05, 3.63) is 94.7 Å². The van der Waals surface area contributed by atoms with E-state index in [9.17, 15) is 14.7 Å². The molecule has 0 radical (unpaired) electrons. The molecule has 1 aliphatic rings. The van der Waals surface area contributed by atoms with Crippen LogP contribution in [0.15, 0.2) is 66.7 Å². The van der Waals surface area contributed by atoms with Gasteiger partial charge in [-0.2, -0.15) is 4.37 Å². The highest BCUT2D eigenvalue weighted by atomic mass is 32.1. The monoisotopic (exact) mass is 512 g/mol. The normalized spacial score (nSPS) is 13.7. The standard InChI is InChI=1S/C30H28N2O4S/c1-18-6-4-5-7-23(18)17-36-29(35)31-26-20(3)32-37-27(26)22-10-13-25(19(2)16-22)21-8-11-24(12-9-21)30(14-15-30)28(33)34/h4-13,16H,14-15,17H2,1-3H3,(H,31,35)(H,33,34). The molecule has 0 bridgehead atoms. The SMILES string of the molecule is Cc1ccccc1COC(=O)Nc1c(C)nsc1-c1ccc(-c2ccc(C3(C(=O)O)CC3)cc2)c(C)c1. The Morgan fingerprint density at radius 2 is 1.68 bits per heavy atom. The molecule has 0 spiro atoms. The molecule has 188 valence electrons. The number of hydrogen-bond acceptors (Lipinski definition) is 5. The third-order valence-corrected chi connectivity index (χ3v) is 8.09. The molecule has 7 heteroatoms. The van der Waals surface area contributed by atoms with E-state index in [1.54, 1.807) is 0 Å². The number of hydrogen-bond donors (Lipinski definition) is 2. The van der Waals surface area contributed by atoms with E-state index in [0.717, 1.165) is 49.5 Å². The lowest BCUT2D eigenvalue weighted by Crippen LogP contribution is -2.19. The van der Waals surface area contributed by atoms with Gasteiger partial charge >= 0.3 is 12.1 Å². The number of carboxylic acids is 1. The van der Waals surface area contributed by atoms with Crippen molar-refractivity contribution in [2.24, 2.45) is 0 Å². The number of aryl methyl sites for hydroxylation is 3. The maximum absolute atomic E-state index is 12.6. The van der Waals surface area contributed by atoms with Gasteiger partial charge < -0.3 is 9.84 Å². The fraction of sp³-hybridized carbons (Fsp3) is 0.233. The zero-order valence-corrected chi connectivity index (χ0v) is 21.8. The predicted molar refractivity (Wildman–Crippen MR) is 146 cm³/mol. The van der Waals surface area contributed by atoms with Gasteiger partial charge in [-0.05, 0) is 90.2 Å². The Kier molecular flexibility index (Phi) is 6.56. The number of anilines is 1. The summed E-state index contributed by atoms with van der Waals surface area (Å²) < 4.78 is 9.94. The van der Waals surface area contributed by atoms with Crippen LogP contribution in [0.3, 0.4) is 0 Å². The van der Waals surface area contributed by atoms with Gasteiger partial charge in [-0.15, -0.1) is 0 Å². The van der Waals surface area contributed by atoms with Gasteiger partial charge in [0.2, 0.25) is 0 Å². The van der Waals surface area contributed by atoms with Crippen molar-refractivity contribution in [2.75, 3.05) is 5.32 Å². The topological polar surface area (TPSA) is 88.5 Å². The van der Waals surface area contributed by atoms with Gasteiger partial charge in [-0.1, -0.05) is 60.7 Å². The van der Waals surface area contributed by atoms with E-state index in [2.05, 4.69) is 21.8 Å². The molecule has 3 aromatic carbocycles. The Hall–Kier alpha value is -3.97. The summed E-state index contributed by atoms with van der Waals surface area (Å²) in [6, 6.07) is 21.8. The number of aliphatic carboxylic acids is 1. The van der Waals surface area contributed by atoms with Crippen LogP contribution in [0.25, 0.3) is 21.6 Å². The van der Waals surface area contributed by atoms with Crippen LogP contribution in [0.5, 0.6) is 0 Å². The first-order chi connectivity index (χ1) is 17.8. The van der Waals surface area contributed by atoms with Crippen LogP contribution in [0, 0.1) is 20.8 Å². The van der Waals surface area contributed by atoms with Crippen LogP contribution >= 0.6 is 11.5 Å². The molecule has 1 saturated carbocycles. The third-order valence-electron chi connectivity index (χ3n) is 7.11. The lowest BCUT2D eigenvalue weighted by atomic mass is 9.92. The van der Waals surface area contributed by atoms with Gasteiger partial charge in [-0.3, -0.25) is 10.1 Å². The predicted octanol–water partition coefficient (Wildman–Crippen LogP) is 7.27. The number of carbonyl (C=O) groups is 2.